The van der Waals surface area contributed by atoms with Crippen molar-refractivity contribution in [3.63, 3.8) is 0 Å². The molecule has 4 nitrogen and oxygen atoms in total. The van der Waals surface area contributed by atoms with Crippen LogP contribution >= 0.6 is 0 Å². The standard InChI is InChI=1S/C8H13NO3/c1-8(5-10)4-9(6-2-3-6)7(11)12-8/h6,10H,2-5H2,1H3. The third-order valence-corrected chi connectivity index (χ3v) is 2.40. The Morgan fingerprint density at radius 2 is 2.42 bits per heavy atom. The molecule has 1 aliphatic heterocycles. The Labute approximate surface area is 71.1 Å². The zero-order valence-corrected chi connectivity index (χ0v) is 7.12. The average molecular weight is 171 g/mol. The first-order chi connectivity index (χ1) is 5.64. The van der Waals surface area contributed by atoms with Gasteiger partial charge in [0.05, 0.1) is 13.2 Å². The Morgan fingerprint density at radius 1 is 1.75 bits per heavy atom. The molecule has 68 valence electrons. The van der Waals surface area contributed by atoms with Gasteiger partial charge in [0, 0.05) is 6.04 Å². The molecule has 4 heteroatoms. The molecule has 2 rings (SSSR count). The van der Waals surface area contributed by atoms with Crippen LogP contribution in [0.5, 0.6) is 0 Å². The van der Waals surface area contributed by atoms with E-state index in [0.717, 1.165) is 12.8 Å². The number of hydrogen-bond donors (Lipinski definition) is 1. The van der Waals surface area contributed by atoms with Crippen LogP contribution in [0.4, 0.5) is 4.79 Å². The molecule has 12 heavy (non-hydrogen) atoms. The van der Waals surface area contributed by atoms with Crippen LogP contribution in [0.1, 0.15) is 19.8 Å². The van der Waals surface area contributed by atoms with Crippen molar-refractivity contribution in [3.8, 4) is 0 Å². The van der Waals surface area contributed by atoms with E-state index in [2.05, 4.69) is 0 Å². The van der Waals surface area contributed by atoms with Gasteiger partial charge < -0.3 is 14.7 Å². The van der Waals surface area contributed by atoms with Crippen LogP contribution in [0, 0.1) is 0 Å². The van der Waals surface area contributed by atoms with E-state index in [9.17, 15) is 4.79 Å². The molecule has 0 radical (unpaired) electrons. The lowest BCUT2D eigenvalue weighted by molar-refractivity contribution is 0.0219. The monoisotopic (exact) mass is 171 g/mol. The summed E-state index contributed by atoms with van der Waals surface area (Å²) >= 11 is 0. The molecule has 1 N–H and O–H groups in total. The van der Waals surface area contributed by atoms with Gasteiger partial charge in [-0.1, -0.05) is 0 Å². The van der Waals surface area contributed by atoms with Crippen LogP contribution in [0.25, 0.3) is 0 Å². The fraction of sp³-hybridized carbons (Fsp3) is 0.875. The summed E-state index contributed by atoms with van der Waals surface area (Å²) in [5.41, 5.74) is -0.667. The number of cyclic esters (lactones) is 1. The predicted molar refractivity (Wildman–Crippen MR) is 41.7 cm³/mol. The van der Waals surface area contributed by atoms with Gasteiger partial charge in [-0.05, 0) is 19.8 Å². The molecule has 1 saturated carbocycles. The van der Waals surface area contributed by atoms with Crippen molar-refractivity contribution in [2.24, 2.45) is 0 Å². The van der Waals surface area contributed by atoms with Crippen molar-refractivity contribution in [2.75, 3.05) is 13.2 Å². The summed E-state index contributed by atoms with van der Waals surface area (Å²) in [4.78, 5) is 12.9. The van der Waals surface area contributed by atoms with Gasteiger partial charge in [0.2, 0.25) is 0 Å². The smallest absolute Gasteiger partial charge is 0.410 e. The van der Waals surface area contributed by atoms with Crippen LogP contribution in [-0.4, -0.2) is 40.9 Å². The molecule has 0 aromatic carbocycles. The normalized spacial score (nSPS) is 35.5. The number of carbonyl (C=O) groups excluding carboxylic acids is 1. The highest BCUT2D eigenvalue weighted by atomic mass is 16.6. The van der Waals surface area contributed by atoms with Crippen molar-refractivity contribution in [3.05, 3.63) is 0 Å². The summed E-state index contributed by atoms with van der Waals surface area (Å²) in [6.45, 7) is 2.20. The molecule has 0 aromatic heterocycles. The molecule has 0 spiro atoms. The van der Waals surface area contributed by atoms with E-state index in [1.165, 1.54) is 0 Å². The van der Waals surface area contributed by atoms with Gasteiger partial charge in [-0.25, -0.2) is 4.79 Å². The van der Waals surface area contributed by atoms with E-state index in [1.54, 1.807) is 11.8 Å². The fourth-order valence-corrected chi connectivity index (χ4v) is 1.47. The lowest BCUT2D eigenvalue weighted by Crippen LogP contribution is -2.35. The van der Waals surface area contributed by atoms with Gasteiger partial charge in [0.25, 0.3) is 0 Å². The fourth-order valence-electron chi connectivity index (χ4n) is 1.47. The molecular formula is C8H13NO3. The Morgan fingerprint density at radius 3 is 2.83 bits per heavy atom. The maximum atomic E-state index is 11.2. The molecule has 0 bridgehead atoms. The number of aliphatic hydroxyl groups excluding tert-OH is 1. The third-order valence-electron chi connectivity index (χ3n) is 2.40. The number of aliphatic hydroxyl groups is 1. The highest BCUT2D eigenvalue weighted by Gasteiger charge is 2.46. The molecule has 1 heterocycles. The Hall–Kier alpha value is -0.770. The third kappa shape index (κ3) is 1.16. The quantitative estimate of drug-likeness (QED) is 0.652. The zero-order valence-electron chi connectivity index (χ0n) is 7.12. The van der Waals surface area contributed by atoms with Crippen molar-refractivity contribution >= 4 is 6.09 Å². The van der Waals surface area contributed by atoms with E-state index in [-0.39, 0.29) is 12.7 Å². The van der Waals surface area contributed by atoms with Crippen molar-refractivity contribution in [1.82, 2.24) is 4.90 Å². The SMILES string of the molecule is CC1(CO)CN(C2CC2)C(=O)O1. The molecule has 1 atom stereocenters. The number of amides is 1. The van der Waals surface area contributed by atoms with E-state index in [4.69, 9.17) is 9.84 Å². The van der Waals surface area contributed by atoms with Gasteiger partial charge in [-0.15, -0.1) is 0 Å². The zero-order chi connectivity index (χ0) is 8.77. The van der Waals surface area contributed by atoms with E-state index in [0.29, 0.717) is 12.6 Å². The van der Waals surface area contributed by atoms with Crippen LogP contribution in [0.2, 0.25) is 0 Å². The van der Waals surface area contributed by atoms with Gasteiger partial charge >= 0.3 is 6.09 Å². The molecule has 1 saturated heterocycles. The van der Waals surface area contributed by atoms with Gasteiger partial charge in [0.15, 0.2) is 5.60 Å². The maximum Gasteiger partial charge on any atom is 0.410 e. The minimum atomic E-state index is -0.667. The minimum absolute atomic E-state index is 0.0953. The van der Waals surface area contributed by atoms with E-state index < -0.39 is 5.60 Å². The Kier molecular flexibility index (Phi) is 1.54. The number of carbonyl (C=O) groups is 1. The molecule has 1 unspecified atom stereocenters. The van der Waals surface area contributed by atoms with Crippen LogP contribution in [-0.2, 0) is 4.74 Å². The van der Waals surface area contributed by atoms with Gasteiger partial charge in [0.1, 0.15) is 0 Å². The Bertz CT molecular complexity index is 214. The number of nitrogens with zero attached hydrogens (tertiary/aromatic N) is 1. The number of hydrogen-bond acceptors (Lipinski definition) is 3. The largest absolute Gasteiger partial charge is 0.439 e. The second-order valence-corrected chi connectivity index (χ2v) is 3.84. The molecule has 1 aliphatic carbocycles. The summed E-state index contributed by atoms with van der Waals surface area (Å²) in [6.07, 6.45) is 1.89. The lowest BCUT2D eigenvalue weighted by atomic mass is 10.1. The van der Waals surface area contributed by atoms with Gasteiger partial charge in [-0.3, -0.25) is 0 Å². The predicted octanol–water partition coefficient (Wildman–Crippen LogP) is 0.352. The molecule has 1 amide bonds. The molecule has 2 fully saturated rings. The summed E-state index contributed by atoms with van der Waals surface area (Å²) in [5.74, 6) is 0. The second-order valence-electron chi connectivity index (χ2n) is 3.84. The van der Waals surface area contributed by atoms with Crippen LogP contribution in [0.15, 0.2) is 0 Å². The summed E-state index contributed by atoms with van der Waals surface area (Å²) in [7, 11) is 0. The summed E-state index contributed by atoms with van der Waals surface area (Å²) < 4.78 is 5.05. The first-order valence-corrected chi connectivity index (χ1v) is 4.25. The number of ether oxygens (including phenoxy) is 1. The first-order valence-electron chi connectivity index (χ1n) is 4.25. The topological polar surface area (TPSA) is 49.8 Å². The van der Waals surface area contributed by atoms with Gasteiger partial charge in [-0.2, -0.15) is 0 Å². The van der Waals surface area contributed by atoms with Crippen molar-refractivity contribution in [1.29, 1.82) is 0 Å². The minimum Gasteiger partial charge on any atom is -0.439 e. The molecule has 2 aliphatic rings. The summed E-state index contributed by atoms with van der Waals surface area (Å²) in [6, 6.07) is 0.380. The Balaban J connectivity index is 2.05. The van der Waals surface area contributed by atoms with E-state index >= 15 is 0 Å². The average Bonchev–Trinajstić information content (AvgIpc) is 2.80. The lowest BCUT2D eigenvalue weighted by Gasteiger charge is -2.17. The molecule has 0 aromatic rings. The number of rotatable bonds is 2. The highest BCUT2D eigenvalue weighted by Crippen LogP contribution is 2.33. The van der Waals surface area contributed by atoms with Crippen LogP contribution < -0.4 is 0 Å². The van der Waals surface area contributed by atoms with E-state index in [1.807, 2.05) is 0 Å². The maximum absolute atomic E-state index is 11.2. The van der Waals surface area contributed by atoms with Crippen molar-refractivity contribution < 1.29 is 14.6 Å². The van der Waals surface area contributed by atoms with Crippen LogP contribution in [0.3, 0.4) is 0 Å². The van der Waals surface area contributed by atoms with Crippen molar-refractivity contribution in [2.45, 2.75) is 31.4 Å². The second kappa shape index (κ2) is 2.36. The highest BCUT2D eigenvalue weighted by molar-refractivity contribution is 5.71. The first kappa shape index (κ1) is 7.86. The summed E-state index contributed by atoms with van der Waals surface area (Å²) in [5, 5.41) is 8.96. The molecular weight excluding hydrogens is 158 g/mol.